The van der Waals surface area contributed by atoms with Crippen LogP contribution in [0.5, 0.6) is 0 Å². The Kier molecular flexibility index (Phi) is 16.9. The van der Waals surface area contributed by atoms with Crippen LogP contribution in [0.25, 0.3) is 0 Å². The van der Waals surface area contributed by atoms with Crippen molar-refractivity contribution in [3.8, 4) is 0 Å². The number of benzene rings is 3. The van der Waals surface area contributed by atoms with Crippen LogP contribution in [0.4, 0.5) is 0 Å². The minimum absolute atomic E-state index is 0.0900. The van der Waals surface area contributed by atoms with Crippen LogP contribution in [0, 0.1) is 5.41 Å². The number of rotatable bonds is 21. The third kappa shape index (κ3) is 13.6. The second kappa shape index (κ2) is 21.1. The molecule has 0 radical (unpaired) electrons. The van der Waals surface area contributed by atoms with E-state index in [1.807, 2.05) is 105 Å². The number of unbranched alkanes of at least 4 members (excludes halogenated alkanes) is 2. The van der Waals surface area contributed by atoms with Crippen molar-refractivity contribution in [2.45, 2.75) is 111 Å². The third-order valence-electron chi connectivity index (χ3n) is 8.24. The predicted octanol–water partition coefficient (Wildman–Crippen LogP) is 8.11. The Morgan fingerprint density at radius 3 is 1.65 bits per heavy atom. The minimum atomic E-state index is -4.33. The summed E-state index contributed by atoms with van der Waals surface area (Å²) in [6, 6.07) is 29.3. The van der Waals surface area contributed by atoms with Crippen LogP contribution in [0.1, 0.15) is 77.0 Å². The monoisotopic (exact) mass is 728 g/mol. The normalized spacial score (nSPS) is 21.3. The molecule has 1 fully saturated rings. The van der Waals surface area contributed by atoms with Crippen LogP contribution in [0.2, 0.25) is 0 Å². The Hall–Kier alpha value is -2.76. The molecular formula is C40H57O10P. The summed E-state index contributed by atoms with van der Waals surface area (Å²) in [7, 11) is -4.33. The first-order valence-electron chi connectivity index (χ1n) is 18.1. The number of carbonyl (C=O) groups is 1. The average molecular weight is 729 g/mol. The van der Waals surface area contributed by atoms with E-state index >= 15 is 0 Å². The van der Waals surface area contributed by atoms with Crippen molar-refractivity contribution in [3.63, 3.8) is 0 Å². The zero-order valence-electron chi connectivity index (χ0n) is 30.7. The summed E-state index contributed by atoms with van der Waals surface area (Å²) in [5.41, 5.74) is 1.98. The van der Waals surface area contributed by atoms with E-state index in [-0.39, 0.29) is 33.0 Å². The molecule has 4 rings (SSSR count). The maximum absolute atomic E-state index is 13.6. The Labute approximate surface area is 304 Å². The molecular weight excluding hydrogens is 671 g/mol. The topological polar surface area (TPSA) is 111 Å². The van der Waals surface area contributed by atoms with Gasteiger partial charge in [-0.25, -0.2) is 0 Å². The molecule has 10 nitrogen and oxygen atoms in total. The zero-order chi connectivity index (χ0) is 36.5. The van der Waals surface area contributed by atoms with Gasteiger partial charge in [0.1, 0.15) is 0 Å². The number of hydrogen-bond acceptors (Lipinski definition) is 10. The molecule has 282 valence electrons. The van der Waals surface area contributed by atoms with Gasteiger partial charge in [0, 0.05) is 0 Å². The summed E-state index contributed by atoms with van der Waals surface area (Å²) < 4.78 is 50.6. The molecule has 0 aliphatic carbocycles. The van der Waals surface area contributed by atoms with Crippen molar-refractivity contribution in [1.29, 1.82) is 0 Å². The zero-order valence-corrected chi connectivity index (χ0v) is 31.7. The first kappa shape index (κ1) is 41.0. The Morgan fingerprint density at radius 2 is 1.18 bits per heavy atom. The molecule has 1 saturated heterocycles. The summed E-state index contributed by atoms with van der Waals surface area (Å²) in [6.45, 7) is 10.7. The van der Waals surface area contributed by atoms with Crippen molar-refractivity contribution in [2.24, 2.45) is 5.41 Å². The van der Waals surface area contributed by atoms with Crippen molar-refractivity contribution in [3.05, 3.63) is 108 Å². The fourth-order valence-corrected chi connectivity index (χ4v) is 6.78. The molecule has 0 amide bonds. The summed E-state index contributed by atoms with van der Waals surface area (Å²) >= 11 is 0. The molecule has 11 heteroatoms. The van der Waals surface area contributed by atoms with E-state index < -0.39 is 50.3 Å². The fourth-order valence-electron chi connectivity index (χ4n) is 5.27. The van der Waals surface area contributed by atoms with Gasteiger partial charge >= 0.3 is 305 Å². The van der Waals surface area contributed by atoms with E-state index in [0.717, 1.165) is 29.5 Å². The van der Waals surface area contributed by atoms with Crippen LogP contribution < -0.4 is 0 Å². The molecule has 3 aromatic carbocycles. The number of ether oxygens (including phenoxy) is 5. The summed E-state index contributed by atoms with van der Waals surface area (Å²) in [4.78, 5) is 25.4. The maximum atomic E-state index is 13.6. The quantitative estimate of drug-likeness (QED) is 0.0656. The van der Waals surface area contributed by atoms with Gasteiger partial charge < -0.3 is 0 Å². The van der Waals surface area contributed by atoms with Gasteiger partial charge in [-0.3, -0.25) is 0 Å². The Morgan fingerprint density at radius 1 is 0.706 bits per heavy atom. The van der Waals surface area contributed by atoms with Gasteiger partial charge in [0.25, 0.3) is 0 Å². The van der Waals surface area contributed by atoms with E-state index in [0.29, 0.717) is 19.4 Å². The number of carbonyl (C=O) groups excluding carboxylic acids is 1. The number of hydrogen-bond donors (Lipinski definition) is 1. The SMILES string of the molecule is CCCCO[PH](O)(OCCCC)OC1OC(COCc2ccccc2)[C@@H](OCc2ccccc2)C(OCc2ccccc2)[C@@H]1OC(=O)C(C)(C)C. The Balaban J connectivity index is 1.73. The summed E-state index contributed by atoms with van der Waals surface area (Å²) in [5.74, 6) is -0.498. The molecule has 5 atom stereocenters. The summed E-state index contributed by atoms with van der Waals surface area (Å²) in [5, 5.41) is 0. The molecule has 3 unspecified atom stereocenters. The van der Waals surface area contributed by atoms with Gasteiger partial charge in [0.15, 0.2) is 0 Å². The van der Waals surface area contributed by atoms with Crippen molar-refractivity contribution in [2.75, 3.05) is 19.8 Å². The van der Waals surface area contributed by atoms with Crippen LogP contribution in [-0.4, -0.2) is 61.4 Å². The molecule has 0 spiro atoms. The van der Waals surface area contributed by atoms with Crippen molar-refractivity contribution in [1.82, 2.24) is 0 Å². The van der Waals surface area contributed by atoms with Crippen LogP contribution in [0.3, 0.4) is 0 Å². The fraction of sp³-hybridized carbons (Fsp3) is 0.525. The molecule has 1 heterocycles. The first-order valence-corrected chi connectivity index (χ1v) is 19.8. The van der Waals surface area contributed by atoms with Gasteiger partial charge in [0.05, 0.1) is 0 Å². The molecule has 51 heavy (non-hydrogen) atoms. The van der Waals surface area contributed by atoms with E-state index in [1.165, 1.54) is 0 Å². The predicted molar refractivity (Wildman–Crippen MR) is 197 cm³/mol. The standard InChI is InChI=1S/C40H57O10P/c1-6-8-25-46-51(42,47-26-9-7-2)50-38-37(49-39(41)40(3,4)5)36(45-29-33-23-17-12-18-24-33)35(44-28-32-21-15-11-16-22-32)34(48-38)30-43-27-31-19-13-10-14-20-31/h10-24,34-38,42,51H,6-9,25-30H2,1-5H3/t34?,35-,36?,37+,38?/m1/s1. The van der Waals surface area contributed by atoms with Crippen LogP contribution in [0.15, 0.2) is 91.0 Å². The van der Waals surface area contributed by atoms with Crippen LogP contribution in [-0.2, 0) is 61.9 Å². The Bertz CT molecular complexity index is 1380. The second-order valence-electron chi connectivity index (χ2n) is 13.7. The molecule has 0 aromatic heterocycles. The van der Waals surface area contributed by atoms with Gasteiger partial charge in [-0.2, -0.15) is 0 Å². The molecule has 1 N–H and O–H groups in total. The van der Waals surface area contributed by atoms with Gasteiger partial charge in [-0.1, -0.05) is 0 Å². The van der Waals surface area contributed by atoms with Gasteiger partial charge in [0.2, 0.25) is 0 Å². The molecule has 1 aliphatic rings. The van der Waals surface area contributed by atoms with Gasteiger partial charge in [-0.05, 0) is 0 Å². The number of esters is 1. The molecule has 0 bridgehead atoms. The average Bonchev–Trinajstić information content (AvgIpc) is 3.12. The van der Waals surface area contributed by atoms with Crippen molar-refractivity contribution < 1.29 is 46.9 Å². The van der Waals surface area contributed by atoms with E-state index in [1.54, 1.807) is 20.8 Å². The van der Waals surface area contributed by atoms with Crippen molar-refractivity contribution >= 4 is 14.1 Å². The van der Waals surface area contributed by atoms with Crippen LogP contribution >= 0.6 is 8.17 Å². The second-order valence-corrected chi connectivity index (χ2v) is 15.6. The van der Waals surface area contributed by atoms with E-state index in [2.05, 4.69) is 0 Å². The third-order valence-corrected chi connectivity index (χ3v) is 9.91. The molecule has 3 aromatic rings. The van der Waals surface area contributed by atoms with E-state index in [9.17, 15) is 9.69 Å². The molecule has 1 aliphatic heterocycles. The van der Waals surface area contributed by atoms with Gasteiger partial charge in [-0.15, -0.1) is 0 Å². The summed E-state index contributed by atoms with van der Waals surface area (Å²) in [6.07, 6.45) is -1.88. The first-order chi connectivity index (χ1) is 24.6. The molecule has 0 saturated carbocycles. The van der Waals surface area contributed by atoms with E-state index in [4.69, 9.17) is 37.3 Å².